The summed E-state index contributed by atoms with van der Waals surface area (Å²) in [6.45, 7) is -0.513. The summed E-state index contributed by atoms with van der Waals surface area (Å²) in [4.78, 5) is 23.8. The molecule has 3 aromatic carbocycles. The fourth-order valence-electron chi connectivity index (χ4n) is 2.68. The van der Waals surface area contributed by atoms with Gasteiger partial charge in [-0.1, -0.05) is 48.0 Å². The number of hydrogen-bond acceptors (Lipinski definition) is 5. The first-order chi connectivity index (χ1) is 13.8. The zero-order valence-corrected chi connectivity index (χ0v) is 16.9. The molecule has 0 radical (unpaired) electrons. The van der Waals surface area contributed by atoms with Crippen LogP contribution in [0.1, 0.15) is 6.42 Å². The molecule has 150 valence electrons. The monoisotopic (exact) mass is 431 g/mol. The molecule has 6 nitrogen and oxygen atoms in total. The number of benzene rings is 3. The molecule has 0 saturated heterocycles. The lowest BCUT2D eigenvalue weighted by Gasteiger charge is -2.08. The van der Waals surface area contributed by atoms with E-state index in [-0.39, 0.29) is 11.3 Å². The Balaban J connectivity index is 1.51. The van der Waals surface area contributed by atoms with Crippen molar-refractivity contribution >= 4 is 49.8 Å². The molecule has 0 aromatic heterocycles. The maximum Gasteiger partial charge on any atom is 0.307 e. The van der Waals surface area contributed by atoms with Gasteiger partial charge in [-0.3, -0.25) is 9.59 Å². The molecule has 0 aliphatic heterocycles. The minimum Gasteiger partial charge on any atom is -0.456 e. The summed E-state index contributed by atoms with van der Waals surface area (Å²) >= 11 is 5.83. The van der Waals surface area contributed by atoms with Gasteiger partial charge in [0.05, 0.1) is 17.1 Å². The number of esters is 1. The molecule has 0 atom stereocenters. The third-order valence-corrected chi connectivity index (χ3v) is 6.08. The van der Waals surface area contributed by atoms with E-state index in [4.69, 9.17) is 16.3 Å². The average molecular weight is 432 g/mol. The quantitative estimate of drug-likeness (QED) is 0.574. The first-order valence-corrected chi connectivity index (χ1v) is 10.8. The zero-order valence-electron chi connectivity index (χ0n) is 15.3. The smallest absolute Gasteiger partial charge is 0.307 e. The summed E-state index contributed by atoms with van der Waals surface area (Å²) in [6.07, 6.45) is -0.348. The highest BCUT2D eigenvalue weighted by molar-refractivity contribution is 7.91. The third-order valence-electron chi connectivity index (χ3n) is 4.13. The van der Waals surface area contributed by atoms with Crippen LogP contribution in [-0.4, -0.2) is 32.7 Å². The van der Waals surface area contributed by atoms with Gasteiger partial charge in [-0.25, -0.2) is 8.42 Å². The lowest BCUT2D eigenvalue weighted by Crippen LogP contribution is -2.22. The largest absolute Gasteiger partial charge is 0.456 e. The Hall–Kier alpha value is -2.90. The van der Waals surface area contributed by atoms with E-state index in [1.165, 1.54) is 6.07 Å². The molecule has 3 rings (SSSR count). The molecule has 0 spiro atoms. The first kappa shape index (κ1) is 20.8. The van der Waals surface area contributed by atoms with Crippen molar-refractivity contribution in [2.45, 2.75) is 11.3 Å². The number of amides is 1. The minimum atomic E-state index is -3.65. The molecule has 1 amide bonds. The fraction of sp³-hybridized carbons (Fsp3) is 0.143. The summed E-state index contributed by atoms with van der Waals surface area (Å²) < 4.78 is 29.8. The Kier molecular flexibility index (Phi) is 6.51. The van der Waals surface area contributed by atoms with E-state index < -0.39 is 34.1 Å². The van der Waals surface area contributed by atoms with Gasteiger partial charge in [-0.2, -0.15) is 0 Å². The van der Waals surface area contributed by atoms with Crippen molar-refractivity contribution in [1.29, 1.82) is 0 Å². The predicted octanol–water partition coefficient (Wildman–Crippen LogP) is 3.84. The number of carbonyl (C=O) groups excluding carboxylic acids is 2. The molecule has 0 bridgehead atoms. The maximum atomic E-state index is 12.5. The normalized spacial score (nSPS) is 11.2. The van der Waals surface area contributed by atoms with Crippen LogP contribution in [0.4, 0.5) is 5.69 Å². The number of halogens is 1. The summed E-state index contributed by atoms with van der Waals surface area (Å²) in [5.74, 6) is -1.71. The second kappa shape index (κ2) is 9.07. The van der Waals surface area contributed by atoms with E-state index in [9.17, 15) is 18.0 Å². The van der Waals surface area contributed by atoms with Gasteiger partial charge < -0.3 is 10.1 Å². The van der Waals surface area contributed by atoms with E-state index in [2.05, 4.69) is 5.32 Å². The molecule has 0 aliphatic rings. The zero-order chi connectivity index (χ0) is 20.9. The molecule has 1 N–H and O–H groups in total. The number of ether oxygens (including phenoxy) is 1. The second-order valence-corrected chi connectivity index (χ2v) is 8.84. The highest BCUT2D eigenvalue weighted by atomic mass is 35.5. The lowest BCUT2D eigenvalue weighted by molar-refractivity contribution is -0.146. The van der Waals surface area contributed by atoms with Gasteiger partial charge in [0.1, 0.15) is 0 Å². The number of hydrogen-bond donors (Lipinski definition) is 1. The van der Waals surface area contributed by atoms with Crippen molar-refractivity contribution in [3.63, 3.8) is 0 Å². The van der Waals surface area contributed by atoms with Crippen LogP contribution < -0.4 is 5.32 Å². The van der Waals surface area contributed by atoms with Crippen LogP contribution in [0.15, 0.2) is 71.6 Å². The van der Waals surface area contributed by atoms with Crippen LogP contribution >= 0.6 is 11.6 Å². The Bertz CT molecular complexity index is 1160. The van der Waals surface area contributed by atoms with Gasteiger partial charge in [-0.05, 0) is 41.1 Å². The first-order valence-electron chi connectivity index (χ1n) is 8.76. The van der Waals surface area contributed by atoms with Crippen molar-refractivity contribution < 1.29 is 22.7 Å². The Labute approximate surface area is 173 Å². The van der Waals surface area contributed by atoms with E-state index >= 15 is 0 Å². The minimum absolute atomic E-state index is 0.141. The van der Waals surface area contributed by atoms with Crippen LogP contribution in [0.3, 0.4) is 0 Å². The number of fused-ring (bicyclic) bond motifs is 1. The maximum absolute atomic E-state index is 12.5. The standard InChI is InChI=1S/C21H18ClNO5S/c22-17-6-3-7-18(13-17)23-20(24)14-28-21(25)10-11-29(26,27)19-9-8-15-4-1-2-5-16(15)12-19/h1-9,12-13H,10-11,14H2,(H,23,24). The molecule has 0 unspecified atom stereocenters. The van der Waals surface area contributed by atoms with E-state index in [1.54, 1.807) is 36.4 Å². The Morgan fingerprint density at radius 1 is 0.931 bits per heavy atom. The predicted molar refractivity (Wildman–Crippen MR) is 112 cm³/mol. The van der Waals surface area contributed by atoms with E-state index in [0.29, 0.717) is 10.7 Å². The second-order valence-electron chi connectivity index (χ2n) is 6.30. The van der Waals surface area contributed by atoms with Gasteiger partial charge in [-0.15, -0.1) is 0 Å². The fourth-order valence-corrected chi connectivity index (χ4v) is 4.12. The summed E-state index contributed by atoms with van der Waals surface area (Å²) in [5.41, 5.74) is 0.470. The highest BCUT2D eigenvalue weighted by Gasteiger charge is 2.18. The van der Waals surface area contributed by atoms with Crippen molar-refractivity contribution in [3.8, 4) is 0 Å². The molecular formula is C21H18ClNO5S. The summed E-state index contributed by atoms with van der Waals surface area (Å²) in [6, 6.07) is 18.7. The molecule has 29 heavy (non-hydrogen) atoms. The van der Waals surface area contributed by atoms with Crippen LogP contribution in [0.25, 0.3) is 10.8 Å². The van der Waals surface area contributed by atoms with Crippen LogP contribution in [0.2, 0.25) is 5.02 Å². The third kappa shape index (κ3) is 5.79. The Morgan fingerprint density at radius 3 is 2.45 bits per heavy atom. The number of carbonyl (C=O) groups is 2. The summed E-state index contributed by atoms with van der Waals surface area (Å²) in [5, 5.41) is 4.72. The number of anilines is 1. The number of rotatable bonds is 7. The molecule has 0 saturated carbocycles. The molecule has 3 aromatic rings. The van der Waals surface area contributed by atoms with Crippen molar-refractivity contribution in [3.05, 3.63) is 71.8 Å². The SMILES string of the molecule is O=C(COC(=O)CCS(=O)(=O)c1ccc2ccccc2c1)Nc1cccc(Cl)c1. The van der Waals surface area contributed by atoms with Crippen molar-refractivity contribution in [2.24, 2.45) is 0 Å². The van der Waals surface area contributed by atoms with Crippen LogP contribution in [-0.2, 0) is 24.2 Å². The topological polar surface area (TPSA) is 89.5 Å². The van der Waals surface area contributed by atoms with E-state index in [1.807, 2.05) is 24.3 Å². The summed E-state index contributed by atoms with van der Waals surface area (Å²) in [7, 11) is -3.65. The lowest BCUT2D eigenvalue weighted by atomic mass is 10.1. The molecule has 0 aliphatic carbocycles. The molecule has 0 heterocycles. The molecular weight excluding hydrogens is 414 g/mol. The van der Waals surface area contributed by atoms with Crippen molar-refractivity contribution in [1.82, 2.24) is 0 Å². The van der Waals surface area contributed by atoms with Crippen LogP contribution in [0, 0.1) is 0 Å². The number of nitrogens with one attached hydrogen (secondary N) is 1. The molecule has 0 fully saturated rings. The van der Waals surface area contributed by atoms with Crippen molar-refractivity contribution in [2.75, 3.05) is 17.7 Å². The Morgan fingerprint density at radius 2 is 1.69 bits per heavy atom. The van der Waals surface area contributed by atoms with Gasteiger partial charge in [0.15, 0.2) is 16.4 Å². The van der Waals surface area contributed by atoms with Gasteiger partial charge in [0.2, 0.25) is 0 Å². The van der Waals surface area contributed by atoms with Gasteiger partial charge in [0, 0.05) is 10.7 Å². The number of sulfone groups is 1. The molecule has 8 heteroatoms. The highest BCUT2D eigenvalue weighted by Crippen LogP contribution is 2.20. The average Bonchev–Trinajstić information content (AvgIpc) is 2.70. The van der Waals surface area contributed by atoms with Gasteiger partial charge in [0.25, 0.3) is 5.91 Å². The van der Waals surface area contributed by atoms with E-state index in [0.717, 1.165) is 10.8 Å². The van der Waals surface area contributed by atoms with Gasteiger partial charge >= 0.3 is 5.97 Å². The van der Waals surface area contributed by atoms with Crippen LogP contribution in [0.5, 0.6) is 0 Å².